The molecule has 1 aromatic heterocycles. The van der Waals surface area contributed by atoms with Crippen LogP contribution in [0.1, 0.15) is 75.5 Å². The second-order valence-corrected chi connectivity index (χ2v) is 10.3. The number of hydrogen-bond acceptors (Lipinski definition) is 5. The Morgan fingerprint density at radius 2 is 1.77 bits per heavy atom. The van der Waals surface area contributed by atoms with Crippen LogP contribution in [-0.4, -0.2) is 45.9 Å². The van der Waals surface area contributed by atoms with Crippen molar-refractivity contribution in [2.45, 2.75) is 90.1 Å². The monoisotopic (exact) mass is 411 g/mol. The summed E-state index contributed by atoms with van der Waals surface area (Å²) < 4.78 is 0. The number of piperidine rings is 3. The molecule has 1 aliphatic carbocycles. The number of nitrogens with zero attached hydrogens (tertiary/aromatic N) is 4. The number of aryl methyl sites for hydroxylation is 1. The lowest BCUT2D eigenvalue weighted by Crippen LogP contribution is -2.65. The molecule has 0 unspecified atom stereocenters. The lowest BCUT2D eigenvalue weighted by Gasteiger charge is -2.57. The summed E-state index contributed by atoms with van der Waals surface area (Å²) >= 11 is 0. The first-order chi connectivity index (χ1) is 14.5. The number of rotatable bonds is 3. The van der Waals surface area contributed by atoms with E-state index < -0.39 is 0 Å². The molecule has 3 aliphatic heterocycles. The normalized spacial score (nSPS) is 32.3. The minimum atomic E-state index is 0.372. The van der Waals surface area contributed by atoms with Crippen molar-refractivity contribution in [3.8, 4) is 0 Å². The molecule has 164 valence electrons. The highest BCUT2D eigenvalue weighted by molar-refractivity contribution is 5.78. The van der Waals surface area contributed by atoms with Crippen molar-refractivity contribution in [1.29, 1.82) is 0 Å². The van der Waals surface area contributed by atoms with Crippen LogP contribution in [0.2, 0.25) is 0 Å². The minimum Gasteiger partial charge on any atom is -0.368 e. The Kier molecular flexibility index (Phi) is 5.36. The third kappa shape index (κ3) is 3.56. The van der Waals surface area contributed by atoms with E-state index in [2.05, 4.69) is 26.7 Å². The Hall–Kier alpha value is -1.85. The highest BCUT2D eigenvalue weighted by Crippen LogP contribution is 2.45. The maximum atomic E-state index is 13.1. The summed E-state index contributed by atoms with van der Waals surface area (Å²) in [4.78, 5) is 27.0. The molecule has 6 nitrogen and oxygen atoms in total. The van der Waals surface area contributed by atoms with E-state index in [1.165, 1.54) is 51.4 Å². The number of nitrogen functional groups attached to an aromatic ring is 1. The molecule has 6 heteroatoms. The van der Waals surface area contributed by atoms with Crippen molar-refractivity contribution in [2.75, 3.05) is 23.7 Å². The molecule has 2 bridgehead atoms. The summed E-state index contributed by atoms with van der Waals surface area (Å²) in [6, 6.07) is 0.824. The van der Waals surface area contributed by atoms with Gasteiger partial charge in [-0.1, -0.05) is 32.1 Å². The van der Waals surface area contributed by atoms with E-state index in [0.29, 0.717) is 35.8 Å². The number of hydrogen-bond donors (Lipinski definition) is 1. The summed E-state index contributed by atoms with van der Waals surface area (Å²) in [6.45, 7) is 6.11. The standard InChI is InChI=1S/C24H37N5O/c1-15-16(2)26-24(25)27-23(15)28-13-18-12-19(14-28)21(11-17-7-4-3-5-8-17)29-20(18)9-6-10-22(29)30/h17-21H,3-14H2,1-2H3,(H2,25,26,27)/t18-,19+,20+,21+/m1/s1. The van der Waals surface area contributed by atoms with Crippen LogP contribution < -0.4 is 10.6 Å². The van der Waals surface area contributed by atoms with E-state index in [0.717, 1.165) is 48.9 Å². The van der Waals surface area contributed by atoms with Gasteiger partial charge in [-0.2, -0.15) is 4.98 Å². The van der Waals surface area contributed by atoms with Gasteiger partial charge in [0, 0.05) is 42.9 Å². The van der Waals surface area contributed by atoms with E-state index in [4.69, 9.17) is 5.73 Å². The Labute approximate surface area is 180 Å². The molecule has 4 fully saturated rings. The highest BCUT2D eigenvalue weighted by Gasteiger charge is 2.50. The zero-order valence-electron chi connectivity index (χ0n) is 18.6. The first-order valence-corrected chi connectivity index (χ1v) is 12.2. The van der Waals surface area contributed by atoms with Crippen LogP contribution in [0.4, 0.5) is 11.8 Å². The lowest BCUT2D eigenvalue weighted by atomic mass is 9.69. The number of carbonyl (C=O) groups excluding carboxylic acids is 1. The average Bonchev–Trinajstić information content (AvgIpc) is 2.74. The van der Waals surface area contributed by atoms with Crippen LogP contribution in [-0.2, 0) is 4.79 Å². The summed E-state index contributed by atoms with van der Waals surface area (Å²) in [5.41, 5.74) is 8.14. The van der Waals surface area contributed by atoms with Crippen LogP contribution in [0.25, 0.3) is 0 Å². The van der Waals surface area contributed by atoms with Gasteiger partial charge >= 0.3 is 0 Å². The van der Waals surface area contributed by atoms with Gasteiger partial charge in [-0.15, -0.1) is 0 Å². The maximum absolute atomic E-state index is 13.1. The van der Waals surface area contributed by atoms with E-state index in [1.807, 2.05) is 6.92 Å². The van der Waals surface area contributed by atoms with Crippen LogP contribution in [0.5, 0.6) is 0 Å². The molecule has 3 saturated heterocycles. The van der Waals surface area contributed by atoms with Gasteiger partial charge in [-0.3, -0.25) is 4.79 Å². The fourth-order valence-electron chi connectivity index (χ4n) is 6.96. The summed E-state index contributed by atoms with van der Waals surface area (Å²) in [6.07, 6.45) is 12.3. The fraction of sp³-hybridized carbons (Fsp3) is 0.792. The van der Waals surface area contributed by atoms with E-state index in [9.17, 15) is 4.79 Å². The highest BCUT2D eigenvalue weighted by atomic mass is 16.2. The zero-order valence-corrected chi connectivity index (χ0v) is 18.6. The summed E-state index contributed by atoms with van der Waals surface area (Å²) in [5, 5.41) is 0. The number of carbonyl (C=O) groups is 1. The molecule has 0 aromatic carbocycles. The van der Waals surface area contributed by atoms with Gasteiger partial charge in [-0.05, 0) is 57.3 Å². The molecule has 1 aromatic rings. The van der Waals surface area contributed by atoms with Gasteiger partial charge in [0.25, 0.3) is 0 Å². The second-order valence-electron chi connectivity index (χ2n) is 10.3. The summed E-state index contributed by atoms with van der Waals surface area (Å²) in [7, 11) is 0. The van der Waals surface area contributed by atoms with Gasteiger partial charge in [0.1, 0.15) is 5.82 Å². The smallest absolute Gasteiger partial charge is 0.223 e. The van der Waals surface area contributed by atoms with Crippen LogP contribution >= 0.6 is 0 Å². The van der Waals surface area contributed by atoms with Crippen molar-refractivity contribution >= 4 is 17.7 Å². The lowest BCUT2D eigenvalue weighted by molar-refractivity contribution is -0.149. The number of amides is 1. The molecule has 4 atom stereocenters. The van der Waals surface area contributed by atoms with Gasteiger partial charge < -0.3 is 15.5 Å². The Balaban J connectivity index is 1.45. The minimum absolute atomic E-state index is 0.372. The Bertz CT molecular complexity index is 805. The molecular weight excluding hydrogens is 374 g/mol. The van der Waals surface area contributed by atoms with Crippen LogP contribution in [0, 0.1) is 31.6 Å². The first-order valence-electron chi connectivity index (χ1n) is 12.2. The first kappa shape index (κ1) is 20.1. The largest absolute Gasteiger partial charge is 0.368 e. The van der Waals surface area contributed by atoms with Crippen molar-refractivity contribution < 1.29 is 4.79 Å². The summed E-state index contributed by atoms with van der Waals surface area (Å²) in [5.74, 6) is 3.70. The zero-order chi connectivity index (χ0) is 20.8. The van der Waals surface area contributed by atoms with Crippen molar-refractivity contribution in [3.63, 3.8) is 0 Å². The number of fused-ring (bicyclic) bond motifs is 4. The fourth-order valence-corrected chi connectivity index (χ4v) is 6.96. The van der Waals surface area contributed by atoms with Gasteiger partial charge in [0.15, 0.2) is 0 Å². The van der Waals surface area contributed by atoms with E-state index in [-0.39, 0.29) is 0 Å². The predicted octanol–water partition coefficient (Wildman–Crippen LogP) is 3.85. The molecule has 30 heavy (non-hydrogen) atoms. The maximum Gasteiger partial charge on any atom is 0.223 e. The van der Waals surface area contributed by atoms with Crippen molar-refractivity contribution in [1.82, 2.24) is 14.9 Å². The third-order valence-corrected chi connectivity index (χ3v) is 8.48. The molecule has 0 spiro atoms. The number of anilines is 2. The quantitative estimate of drug-likeness (QED) is 0.818. The molecule has 1 amide bonds. The molecule has 4 aliphatic rings. The number of aromatic nitrogens is 2. The Morgan fingerprint density at radius 3 is 2.57 bits per heavy atom. The molecule has 4 heterocycles. The molecule has 5 rings (SSSR count). The van der Waals surface area contributed by atoms with E-state index in [1.54, 1.807) is 0 Å². The van der Waals surface area contributed by atoms with Gasteiger partial charge in [0.2, 0.25) is 11.9 Å². The van der Waals surface area contributed by atoms with Gasteiger partial charge in [0.05, 0.1) is 0 Å². The second kappa shape index (κ2) is 8.01. The van der Waals surface area contributed by atoms with Crippen LogP contribution in [0.15, 0.2) is 0 Å². The van der Waals surface area contributed by atoms with Crippen molar-refractivity contribution in [3.05, 3.63) is 11.3 Å². The molecular formula is C24H37N5O. The Morgan fingerprint density at radius 1 is 1.00 bits per heavy atom. The molecule has 1 saturated carbocycles. The molecule has 0 radical (unpaired) electrons. The topological polar surface area (TPSA) is 75.3 Å². The van der Waals surface area contributed by atoms with Crippen molar-refractivity contribution in [2.24, 2.45) is 17.8 Å². The molecule has 2 N–H and O–H groups in total. The van der Waals surface area contributed by atoms with E-state index >= 15 is 0 Å². The van der Waals surface area contributed by atoms with Crippen LogP contribution in [0.3, 0.4) is 0 Å². The SMILES string of the molecule is Cc1nc(N)nc(N2C[C@H]3C[C@@H](C2)[C@H](CC2CCCCC2)N2C(=O)CCC[C@@H]32)c1C. The number of nitrogens with two attached hydrogens (primary N) is 1. The third-order valence-electron chi connectivity index (χ3n) is 8.48. The average molecular weight is 412 g/mol. The van der Waals surface area contributed by atoms with Gasteiger partial charge in [-0.25, -0.2) is 4.98 Å². The predicted molar refractivity (Wildman–Crippen MR) is 119 cm³/mol.